The van der Waals surface area contributed by atoms with E-state index in [1.54, 1.807) is 0 Å². The summed E-state index contributed by atoms with van der Waals surface area (Å²) in [6.45, 7) is 6.61. The van der Waals surface area contributed by atoms with Crippen molar-refractivity contribution in [3.63, 3.8) is 0 Å². The van der Waals surface area contributed by atoms with Gasteiger partial charge in [0.2, 0.25) is 0 Å². The van der Waals surface area contributed by atoms with Crippen LogP contribution in [0.15, 0.2) is 0 Å². The lowest BCUT2D eigenvalue weighted by molar-refractivity contribution is -0.149. The van der Waals surface area contributed by atoms with Crippen LogP contribution in [0.3, 0.4) is 0 Å². The molecule has 0 aromatic carbocycles. The standard InChI is InChI=1S/C15H28N2O2/c1-12-11-16-9-10-17(12)15(18)13(2)19-14-7-5-3-4-6-8-14/h12-14,16H,3-11H2,1-2H3. The highest BCUT2D eigenvalue weighted by molar-refractivity contribution is 5.81. The Labute approximate surface area is 116 Å². The van der Waals surface area contributed by atoms with Gasteiger partial charge in [-0.05, 0) is 26.7 Å². The van der Waals surface area contributed by atoms with Gasteiger partial charge in [-0.2, -0.15) is 0 Å². The Kier molecular flexibility index (Phi) is 5.64. The van der Waals surface area contributed by atoms with Gasteiger partial charge in [-0.25, -0.2) is 0 Å². The van der Waals surface area contributed by atoms with Crippen LogP contribution in [0.4, 0.5) is 0 Å². The fourth-order valence-corrected chi connectivity index (χ4v) is 3.13. The second-order valence-corrected chi connectivity index (χ2v) is 5.98. The van der Waals surface area contributed by atoms with Gasteiger partial charge in [0.1, 0.15) is 6.10 Å². The monoisotopic (exact) mass is 268 g/mol. The van der Waals surface area contributed by atoms with E-state index in [0.29, 0.717) is 6.10 Å². The highest BCUT2D eigenvalue weighted by atomic mass is 16.5. The van der Waals surface area contributed by atoms with E-state index in [1.807, 2.05) is 11.8 Å². The highest BCUT2D eigenvalue weighted by Gasteiger charge is 2.29. The molecule has 0 spiro atoms. The average molecular weight is 268 g/mol. The molecule has 4 heteroatoms. The van der Waals surface area contributed by atoms with Gasteiger partial charge in [0.05, 0.1) is 6.10 Å². The Balaban J connectivity index is 1.83. The van der Waals surface area contributed by atoms with Crippen molar-refractivity contribution >= 4 is 5.91 Å². The fourth-order valence-electron chi connectivity index (χ4n) is 3.13. The molecule has 2 atom stereocenters. The third kappa shape index (κ3) is 4.18. The summed E-state index contributed by atoms with van der Waals surface area (Å²) in [5.41, 5.74) is 0. The smallest absolute Gasteiger partial charge is 0.251 e. The third-order valence-corrected chi connectivity index (χ3v) is 4.33. The molecule has 1 heterocycles. The van der Waals surface area contributed by atoms with Gasteiger partial charge in [-0.3, -0.25) is 4.79 Å². The van der Waals surface area contributed by atoms with Crippen LogP contribution in [0.1, 0.15) is 52.4 Å². The molecule has 2 rings (SSSR count). The fraction of sp³-hybridized carbons (Fsp3) is 0.933. The zero-order chi connectivity index (χ0) is 13.7. The summed E-state index contributed by atoms with van der Waals surface area (Å²) in [7, 11) is 0. The molecule has 1 N–H and O–H groups in total. The minimum atomic E-state index is -0.288. The van der Waals surface area contributed by atoms with E-state index in [1.165, 1.54) is 25.7 Å². The molecule has 0 radical (unpaired) electrons. The number of hydrogen-bond acceptors (Lipinski definition) is 3. The Morgan fingerprint density at radius 3 is 2.58 bits per heavy atom. The number of carbonyl (C=O) groups is 1. The third-order valence-electron chi connectivity index (χ3n) is 4.33. The topological polar surface area (TPSA) is 41.6 Å². The van der Waals surface area contributed by atoms with Crippen LogP contribution < -0.4 is 5.32 Å². The van der Waals surface area contributed by atoms with E-state index < -0.39 is 0 Å². The molecular formula is C15H28N2O2. The molecule has 1 amide bonds. The van der Waals surface area contributed by atoms with E-state index in [4.69, 9.17) is 4.74 Å². The first-order valence-electron chi connectivity index (χ1n) is 7.85. The SMILES string of the molecule is CC(OC1CCCCCC1)C(=O)N1CCNCC1C. The molecule has 0 aromatic heterocycles. The summed E-state index contributed by atoms with van der Waals surface area (Å²) < 4.78 is 6.02. The van der Waals surface area contributed by atoms with Crippen molar-refractivity contribution in [3.05, 3.63) is 0 Å². The molecule has 4 nitrogen and oxygen atoms in total. The van der Waals surface area contributed by atoms with Gasteiger partial charge >= 0.3 is 0 Å². The molecule has 2 unspecified atom stereocenters. The number of nitrogens with zero attached hydrogens (tertiary/aromatic N) is 1. The van der Waals surface area contributed by atoms with Crippen LogP contribution >= 0.6 is 0 Å². The van der Waals surface area contributed by atoms with Crippen LogP contribution in [0.5, 0.6) is 0 Å². The summed E-state index contributed by atoms with van der Waals surface area (Å²) in [5.74, 6) is 0.165. The average Bonchev–Trinajstić information content (AvgIpc) is 2.67. The second-order valence-electron chi connectivity index (χ2n) is 5.98. The van der Waals surface area contributed by atoms with Crippen molar-refractivity contribution in [1.82, 2.24) is 10.2 Å². The predicted octanol–water partition coefficient (Wildman–Crippen LogP) is 1.93. The number of rotatable bonds is 3. The molecule has 1 saturated carbocycles. The molecule has 110 valence electrons. The summed E-state index contributed by atoms with van der Waals surface area (Å²) in [6.07, 6.45) is 7.37. The minimum absolute atomic E-state index is 0.165. The Bertz CT molecular complexity index is 288. The molecule has 0 aromatic rings. The van der Waals surface area contributed by atoms with Crippen molar-refractivity contribution in [2.24, 2.45) is 0 Å². The van der Waals surface area contributed by atoms with Crippen molar-refractivity contribution in [2.75, 3.05) is 19.6 Å². The van der Waals surface area contributed by atoms with Crippen LogP contribution in [-0.4, -0.2) is 48.7 Å². The summed E-state index contributed by atoms with van der Waals surface area (Å²) in [5, 5.41) is 3.31. The molecule has 19 heavy (non-hydrogen) atoms. The van der Waals surface area contributed by atoms with Crippen molar-refractivity contribution in [2.45, 2.75) is 70.6 Å². The lowest BCUT2D eigenvalue weighted by Gasteiger charge is -2.36. The molecular weight excluding hydrogens is 240 g/mol. The van der Waals surface area contributed by atoms with E-state index in [0.717, 1.165) is 32.5 Å². The van der Waals surface area contributed by atoms with Crippen molar-refractivity contribution < 1.29 is 9.53 Å². The Morgan fingerprint density at radius 1 is 1.26 bits per heavy atom. The largest absolute Gasteiger partial charge is 0.365 e. The minimum Gasteiger partial charge on any atom is -0.365 e. The van der Waals surface area contributed by atoms with Crippen LogP contribution in [-0.2, 0) is 9.53 Å². The number of hydrogen-bond donors (Lipinski definition) is 1. The van der Waals surface area contributed by atoms with Gasteiger partial charge in [0, 0.05) is 25.7 Å². The first kappa shape index (κ1) is 14.8. The quantitative estimate of drug-likeness (QED) is 0.795. The first-order chi connectivity index (χ1) is 9.18. The van der Waals surface area contributed by atoms with Crippen LogP contribution in [0, 0.1) is 0 Å². The zero-order valence-corrected chi connectivity index (χ0v) is 12.4. The van der Waals surface area contributed by atoms with Gasteiger partial charge in [0.15, 0.2) is 0 Å². The number of amides is 1. The number of carbonyl (C=O) groups excluding carboxylic acids is 1. The molecule has 0 bridgehead atoms. The van der Waals surface area contributed by atoms with Gasteiger partial charge in [-0.15, -0.1) is 0 Å². The van der Waals surface area contributed by atoms with E-state index >= 15 is 0 Å². The van der Waals surface area contributed by atoms with Crippen LogP contribution in [0.25, 0.3) is 0 Å². The van der Waals surface area contributed by atoms with E-state index in [-0.39, 0.29) is 18.1 Å². The molecule has 1 aliphatic carbocycles. The summed E-state index contributed by atoms with van der Waals surface area (Å²) >= 11 is 0. The number of nitrogens with one attached hydrogen (secondary N) is 1. The predicted molar refractivity (Wildman–Crippen MR) is 76.1 cm³/mol. The van der Waals surface area contributed by atoms with Crippen LogP contribution in [0.2, 0.25) is 0 Å². The maximum absolute atomic E-state index is 12.4. The van der Waals surface area contributed by atoms with E-state index in [9.17, 15) is 4.79 Å². The lowest BCUT2D eigenvalue weighted by Crippen LogP contribution is -2.55. The highest BCUT2D eigenvalue weighted by Crippen LogP contribution is 2.21. The molecule has 2 fully saturated rings. The Morgan fingerprint density at radius 2 is 1.95 bits per heavy atom. The molecule has 2 aliphatic rings. The lowest BCUT2D eigenvalue weighted by atomic mass is 10.1. The normalized spacial score (nSPS) is 27.9. The summed E-state index contributed by atoms with van der Waals surface area (Å²) in [6, 6.07) is 0.279. The van der Waals surface area contributed by atoms with Crippen molar-refractivity contribution in [3.8, 4) is 0 Å². The molecule has 1 aliphatic heterocycles. The van der Waals surface area contributed by atoms with Crippen molar-refractivity contribution in [1.29, 1.82) is 0 Å². The summed E-state index contributed by atoms with van der Waals surface area (Å²) in [4.78, 5) is 14.4. The first-order valence-corrected chi connectivity index (χ1v) is 7.85. The Hall–Kier alpha value is -0.610. The van der Waals surface area contributed by atoms with Gasteiger partial charge in [-0.1, -0.05) is 25.7 Å². The number of ether oxygens (including phenoxy) is 1. The molecule has 1 saturated heterocycles. The maximum atomic E-state index is 12.4. The van der Waals surface area contributed by atoms with E-state index in [2.05, 4.69) is 12.2 Å². The maximum Gasteiger partial charge on any atom is 0.251 e. The second kappa shape index (κ2) is 7.25. The zero-order valence-electron chi connectivity index (χ0n) is 12.4. The van der Waals surface area contributed by atoms with Gasteiger partial charge < -0.3 is 15.0 Å². The number of piperazine rings is 1. The van der Waals surface area contributed by atoms with Gasteiger partial charge in [0.25, 0.3) is 5.91 Å².